The molecule has 0 aliphatic heterocycles. The number of pyridine rings is 1. The molecule has 0 radical (unpaired) electrons. The van der Waals surface area contributed by atoms with Gasteiger partial charge in [0.2, 0.25) is 0 Å². The van der Waals surface area contributed by atoms with E-state index >= 15 is 0 Å². The van der Waals surface area contributed by atoms with Gasteiger partial charge in [-0.25, -0.2) is 18.4 Å². The van der Waals surface area contributed by atoms with Crippen LogP contribution in [0.25, 0.3) is 5.82 Å². The van der Waals surface area contributed by atoms with Crippen molar-refractivity contribution in [2.75, 3.05) is 7.05 Å². The number of hydrogen-bond donors (Lipinski definition) is 1. The van der Waals surface area contributed by atoms with Crippen LogP contribution in [-0.4, -0.2) is 21.8 Å². The Morgan fingerprint density at radius 3 is 2.43 bits per heavy atom. The highest BCUT2D eigenvalue weighted by atomic mass is 19.4. The zero-order valence-electron chi connectivity index (χ0n) is 10.8. The minimum absolute atomic E-state index is 0.0966. The molecule has 21 heavy (non-hydrogen) atoms. The van der Waals surface area contributed by atoms with Crippen LogP contribution in [0.15, 0.2) is 24.5 Å². The van der Waals surface area contributed by atoms with Crippen molar-refractivity contribution in [1.82, 2.24) is 20.1 Å². The highest BCUT2D eigenvalue weighted by molar-refractivity contribution is 5.31. The fraction of sp³-hybridized carbons (Fsp3) is 0.333. The molecule has 2 aromatic rings. The smallest absolute Gasteiger partial charge is 0.316 e. The average Bonchev–Trinajstić information content (AvgIpc) is 2.82. The van der Waals surface area contributed by atoms with Gasteiger partial charge in [-0.3, -0.25) is 0 Å². The van der Waals surface area contributed by atoms with E-state index in [0.717, 1.165) is 16.8 Å². The lowest BCUT2D eigenvalue weighted by molar-refractivity contribution is -0.137. The lowest BCUT2D eigenvalue weighted by Gasteiger charge is -2.10. The summed E-state index contributed by atoms with van der Waals surface area (Å²) in [6.45, 7) is 0.167. The first kappa shape index (κ1) is 15.4. The minimum atomic E-state index is -4.53. The molecule has 1 N–H and O–H groups in total. The van der Waals surface area contributed by atoms with Crippen LogP contribution in [0.4, 0.5) is 22.0 Å². The third-order valence-corrected chi connectivity index (χ3v) is 2.75. The van der Waals surface area contributed by atoms with Crippen LogP contribution in [0.2, 0.25) is 0 Å². The number of nitrogens with zero attached hydrogens (tertiary/aromatic N) is 3. The summed E-state index contributed by atoms with van der Waals surface area (Å²) in [5.41, 5.74) is -1.08. The van der Waals surface area contributed by atoms with Crippen LogP contribution in [0, 0.1) is 0 Å². The SMILES string of the molecule is CNCc1cnn(-c2ccc(C(F)(F)F)cn2)c1C(F)F. The van der Waals surface area contributed by atoms with Crippen LogP contribution >= 0.6 is 0 Å². The van der Waals surface area contributed by atoms with Crippen LogP contribution < -0.4 is 5.32 Å². The monoisotopic (exact) mass is 306 g/mol. The number of hydrogen-bond acceptors (Lipinski definition) is 3. The molecule has 0 unspecified atom stereocenters. The summed E-state index contributed by atoms with van der Waals surface area (Å²) in [6, 6.07) is 1.78. The molecule has 0 amide bonds. The number of rotatable bonds is 4. The Morgan fingerprint density at radius 2 is 1.95 bits per heavy atom. The lowest BCUT2D eigenvalue weighted by Crippen LogP contribution is -2.11. The molecule has 2 heterocycles. The Balaban J connectivity index is 2.42. The molecule has 114 valence electrons. The van der Waals surface area contributed by atoms with Crippen molar-refractivity contribution < 1.29 is 22.0 Å². The van der Waals surface area contributed by atoms with E-state index in [-0.39, 0.29) is 17.9 Å². The zero-order chi connectivity index (χ0) is 15.6. The number of aromatic nitrogens is 3. The summed E-state index contributed by atoms with van der Waals surface area (Å²) in [5, 5.41) is 6.49. The molecule has 9 heteroatoms. The summed E-state index contributed by atoms with van der Waals surface area (Å²) in [5.74, 6) is -0.0966. The second kappa shape index (κ2) is 5.76. The highest BCUT2D eigenvalue weighted by Crippen LogP contribution is 2.30. The molecule has 0 aliphatic rings. The van der Waals surface area contributed by atoms with E-state index in [1.165, 1.54) is 6.20 Å². The van der Waals surface area contributed by atoms with Crippen LogP contribution in [0.5, 0.6) is 0 Å². The predicted molar refractivity (Wildman–Crippen MR) is 64.1 cm³/mol. The van der Waals surface area contributed by atoms with Gasteiger partial charge < -0.3 is 5.32 Å². The van der Waals surface area contributed by atoms with Gasteiger partial charge in [-0.1, -0.05) is 0 Å². The first-order chi connectivity index (χ1) is 9.84. The summed E-state index contributed by atoms with van der Waals surface area (Å²) in [7, 11) is 1.59. The quantitative estimate of drug-likeness (QED) is 0.883. The minimum Gasteiger partial charge on any atom is -0.316 e. The molecule has 0 fully saturated rings. The van der Waals surface area contributed by atoms with Gasteiger partial charge in [-0.15, -0.1) is 0 Å². The summed E-state index contributed by atoms with van der Waals surface area (Å²) < 4.78 is 64.4. The maximum atomic E-state index is 13.1. The van der Waals surface area contributed by atoms with Gasteiger partial charge in [0, 0.05) is 18.3 Å². The van der Waals surface area contributed by atoms with Crippen molar-refractivity contribution in [3.63, 3.8) is 0 Å². The fourth-order valence-corrected chi connectivity index (χ4v) is 1.81. The first-order valence-corrected chi connectivity index (χ1v) is 5.87. The van der Waals surface area contributed by atoms with Crippen LogP contribution in [-0.2, 0) is 12.7 Å². The molecular formula is C12H11F5N4. The van der Waals surface area contributed by atoms with Gasteiger partial charge in [0.1, 0.15) is 5.69 Å². The summed E-state index contributed by atoms with van der Waals surface area (Å²) >= 11 is 0. The Hall–Kier alpha value is -2.03. The van der Waals surface area contributed by atoms with E-state index in [1.54, 1.807) is 7.05 Å². The third-order valence-electron chi connectivity index (χ3n) is 2.75. The maximum Gasteiger partial charge on any atom is 0.417 e. The summed E-state index contributed by atoms with van der Waals surface area (Å²) in [4.78, 5) is 3.56. The molecule has 4 nitrogen and oxygen atoms in total. The van der Waals surface area contributed by atoms with Crippen molar-refractivity contribution in [3.8, 4) is 5.82 Å². The van der Waals surface area contributed by atoms with Gasteiger partial charge in [0.05, 0.1) is 11.8 Å². The molecule has 0 atom stereocenters. The summed E-state index contributed by atoms with van der Waals surface area (Å²) in [6.07, 6.45) is -5.53. The van der Waals surface area contributed by atoms with Gasteiger partial charge >= 0.3 is 6.18 Å². The van der Waals surface area contributed by atoms with Crippen LogP contribution in [0.3, 0.4) is 0 Å². The Morgan fingerprint density at radius 1 is 1.24 bits per heavy atom. The van der Waals surface area contributed by atoms with E-state index < -0.39 is 23.9 Å². The maximum absolute atomic E-state index is 13.1. The van der Waals surface area contributed by atoms with Crippen molar-refractivity contribution in [2.24, 2.45) is 0 Å². The Labute approximate surface area is 116 Å². The molecule has 0 aliphatic carbocycles. The van der Waals surface area contributed by atoms with E-state index in [9.17, 15) is 22.0 Å². The number of alkyl halides is 5. The van der Waals surface area contributed by atoms with Crippen molar-refractivity contribution in [1.29, 1.82) is 0 Å². The lowest BCUT2D eigenvalue weighted by atomic mass is 10.2. The zero-order valence-corrected chi connectivity index (χ0v) is 10.8. The van der Waals surface area contributed by atoms with Gasteiger partial charge in [0.15, 0.2) is 5.82 Å². The second-order valence-corrected chi connectivity index (χ2v) is 4.20. The molecular weight excluding hydrogens is 295 g/mol. The largest absolute Gasteiger partial charge is 0.417 e. The van der Waals surface area contributed by atoms with E-state index in [4.69, 9.17) is 0 Å². The molecule has 2 aromatic heterocycles. The fourth-order valence-electron chi connectivity index (χ4n) is 1.81. The van der Waals surface area contributed by atoms with E-state index in [2.05, 4.69) is 15.4 Å². The van der Waals surface area contributed by atoms with Gasteiger partial charge in [0.25, 0.3) is 6.43 Å². The molecule has 0 aromatic carbocycles. The van der Waals surface area contributed by atoms with Gasteiger partial charge in [-0.05, 0) is 19.2 Å². The van der Waals surface area contributed by atoms with Crippen molar-refractivity contribution in [3.05, 3.63) is 41.3 Å². The van der Waals surface area contributed by atoms with E-state index in [0.29, 0.717) is 6.20 Å². The molecule has 0 bridgehead atoms. The first-order valence-electron chi connectivity index (χ1n) is 5.87. The number of halogens is 5. The standard InChI is InChI=1S/C12H11F5N4/c1-18-4-7-5-20-21(10(7)11(13)14)9-3-2-8(6-19-9)12(15,16)17/h2-3,5-6,11,18H,4H2,1H3. The average molecular weight is 306 g/mol. The molecule has 0 spiro atoms. The number of nitrogens with one attached hydrogen (secondary N) is 1. The van der Waals surface area contributed by atoms with Crippen molar-refractivity contribution in [2.45, 2.75) is 19.1 Å². The second-order valence-electron chi connectivity index (χ2n) is 4.20. The normalized spacial score (nSPS) is 12.1. The molecule has 0 saturated carbocycles. The highest BCUT2D eigenvalue weighted by Gasteiger charge is 2.31. The van der Waals surface area contributed by atoms with Crippen LogP contribution in [0.1, 0.15) is 23.2 Å². The Bertz CT molecular complexity index is 603. The topological polar surface area (TPSA) is 42.7 Å². The Kier molecular flexibility index (Phi) is 4.21. The third kappa shape index (κ3) is 3.18. The molecule has 2 rings (SSSR count). The van der Waals surface area contributed by atoms with Gasteiger partial charge in [-0.2, -0.15) is 18.3 Å². The molecule has 0 saturated heterocycles. The van der Waals surface area contributed by atoms with Crippen molar-refractivity contribution >= 4 is 0 Å². The predicted octanol–water partition coefficient (Wildman–Crippen LogP) is 2.94. The van der Waals surface area contributed by atoms with E-state index in [1.807, 2.05) is 0 Å².